The highest BCUT2D eigenvalue weighted by Gasteiger charge is 2.11. The first-order valence-electron chi connectivity index (χ1n) is 6.60. The van der Waals surface area contributed by atoms with Crippen LogP contribution >= 0.6 is 0 Å². The second kappa shape index (κ2) is 7.59. The number of halogens is 3. The normalized spacial score (nSPS) is 11.8. The maximum absolute atomic E-state index is 13.0. The van der Waals surface area contributed by atoms with Crippen LogP contribution in [0.25, 0.3) is 0 Å². The van der Waals surface area contributed by atoms with Crippen molar-refractivity contribution < 1.29 is 27.8 Å². The zero-order chi connectivity index (χ0) is 16.8. The van der Waals surface area contributed by atoms with Crippen molar-refractivity contribution in [1.29, 1.82) is 0 Å². The molecule has 0 aliphatic heterocycles. The van der Waals surface area contributed by atoms with Crippen molar-refractivity contribution >= 4 is 5.91 Å². The second-order valence-electron chi connectivity index (χ2n) is 4.64. The van der Waals surface area contributed by atoms with Crippen molar-refractivity contribution in [3.63, 3.8) is 0 Å². The van der Waals surface area contributed by atoms with Crippen molar-refractivity contribution in [3.05, 3.63) is 59.7 Å². The van der Waals surface area contributed by atoms with E-state index in [-0.39, 0.29) is 24.5 Å². The van der Waals surface area contributed by atoms with Gasteiger partial charge in [0.15, 0.2) is 11.6 Å². The Labute approximate surface area is 129 Å². The summed E-state index contributed by atoms with van der Waals surface area (Å²) in [5.74, 6) is -3.29. The van der Waals surface area contributed by atoms with Gasteiger partial charge in [-0.1, -0.05) is 0 Å². The Morgan fingerprint density at radius 2 is 2.00 bits per heavy atom. The Balaban J connectivity index is 1.79. The zero-order valence-electron chi connectivity index (χ0n) is 11.8. The summed E-state index contributed by atoms with van der Waals surface area (Å²) in [6.07, 6.45) is 1.05. The average molecular weight is 326 g/mol. The summed E-state index contributed by atoms with van der Waals surface area (Å²) in [6, 6.07) is 3.96. The summed E-state index contributed by atoms with van der Waals surface area (Å²) < 4.78 is 43.7. The van der Waals surface area contributed by atoms with Crippen LogP contribution in [0, 0.1) is 17.5 Å². The van der Waals surface area contributed by atoms with Gasteiger partial charge >= 0.3 is 0 Å². The smallest absolute Gasteiger partial charge is 0.253 e. The molecular formula is C15H13F3N2O3. The average Bonchev–Trinajstić information content (AvgIpc) is 2.53. The molecule has 122 valence electrons. The third-order valence-corrected chi connectivity index (χ3v) is 2.80. The first-order valence-corrected chi connectivity index (χ1v) is 6.60. The fourth-order valence-electron chi connectivity index (χ4n) is 1.67. The van der Waals surface area contributed by atoms with Crippen LogP contribution in [0.1, 0.15) is 10.4 Å². The van der Waals surface area contributed by atoms with E-state index in [4.69, 9.17) is 4.74 Å². The van der Waals surface area contributed by atoms with Gasteiger partial charge in [0.2, 0.25) is 0 Å². The number of carbonyl (C=O) groups excluding carboxylic acids is 1. The van der Waals surface area contributed by atoms with Gasteiger partial charge in [0, 0.05) is 18.8 Å². The molecule has 0 radical (unpaired) electrons. The molecule has 0 saturated heterocycles. The van der Waals surface area contributed by atoms with Crippen LogP contribution in [0.5, 0.6) is 5.75 Å². The molecule has 0 aliphatic rings. The molecule has 2 aromatic rings. The lowest BCUT2D eigenvalue weighted by molar-refractivity contribution is 0.0842. The van der Waals surface area contributed by atoms with Gasteiger partial charge in [-0.3, -0.25) is 9.78 Å². The van der Waals surface area contributed by atoms with Gasteiger partial charge in [-0.25, -0.2) is 13.2 Å². The molecule has 1 aromatic carbocycles. The molecule has 2 N–H and O–H groups in total. The van der Waals surface area contributed by atoms with Crippen LogP contribution in [0.15, 0.2) is 36.7 Å². The predicted molar refractivity (Wildman–Crippen MR) is 74.4 cm³/mol. The van der Waals surface area contributed by atoms with E-state index in [1.807, 2.05) is 0 Å². The lowest BCUT2D eigenvalue weighted by Gasteiger charge is -2.13. The molecule has 0 fully saturated rings. The molecule has 1 heterocycles. The van der Waals surface area contributed by atoms with E-state index >= 15 is 0 Å². The number of ether oxygens (including phenoxy) is 1. The number of nitrogens with one attached hydrogen (secondary N) is 1. The van der Waals surface area contributed by atoms with E-state index in [1.54, 1.807) is 0 Å². The summed E-state index contributed by atoms with van der Waals surface area (Å²) in [6.45, 7) is -0.411. The second-order valence-corrected chi connectivity index (χ2v) is 4.64. The molecule has 0 bridgehead atoms. The number of benzene rings is 1. The number of aliphatic hydroxyl groups excluding tert-OH is 1. The van der Waals surface area contributed by atoms with E-state index in [2.05, 4.69) is 10.3 Å². The van der Waals surface area contributed by atoms with Gasteiger partial charge in [-0.2, -0.15) is 0 Å². The molecule has 1 unspecified atom stereocenters. The number of hydrogen-bond donors (Lipinski definition) is 2. The Hall–Kier alpha value is -2.61. The van der Waals surface area contributed by atoms with E-state index in [0.29, 0.717) is 0 Å². The van der Waals surface area contributed by atoms with Gasteiger partial charge in [0.1, 0.15) is 24.3 Å². The van der Waals surface area contributed by atoms with Crippen LogP contribution < -0.4 is 10.1 Å². The minimum absolute atomic E-state index is 0.0127. The standard InChI is InChI=1S/C15H13F3N2O3/c16-10-3-9(5-19-6-10)15(22)20-7-11(21)8-23-12-1-2-13(17)14(18)4-12/h1-6,11,21H,7-8H2,(H,20,22). The van der Waals surface area contributed by atoms with E-state index < -0.39 is 29.5 Å². The fourth-order valence-corrected chi connectivity index (χ4v) is 1.67. The highest BCUT2D eigenvalue weighted by atomic mass is 19.2. The maximum atomic E-state index is 13.0. The first-order chi connectivity index (χ1) is 11.0. The first kappa shape index (κ1) is 16.8. The number of pyridine rings is 1. The summed E-state index contributed by atoms with van der Waals surface area (Å²) in [5, 5.41) is 12.1. The molecule has 8 heteroatoms. The van der Waals surface area contributed by atoms with Gasteiger partial charge < -0.3 is 15.2 Å². The molecule has 0 saturated carbocycles. The van der Waals surface area contributed by atoms with Crippen molar-refractivity contribution in [2.45, 2.75) is 6.10 Å². The predicted octanol–water partition coefficient (Wildman–Crippen LogP) is 1.67. The molecule has 1 atom stereocenters. The van der Waals surface area contributed by atoms with Gasteiger partial charge in [-0.05, 0) is 18.2 Å². The molecule has 5 nitrogen and oxygen atoms in total. The van der Waals surface area contributed by atoms with Gasteiger partial charge in [-0.15, -0.1) is 0 Å². The van der Waals surface area contributed by atoms with Crippen molar-refractivity contribution in [2.75, 3.05) is 13.2 Å². The Morgan fingerprint density at radius 3 is 2.70 bits per heavy atom. The van der Waals surface area contributed by atoms with E-state index in [0.717, 1.165) is 24.4 Å². The molecule has 0 spiro atoms. The molecular weight excluding hydrogens is 313 g/mol. The Kier molecular flexibility index (Phi) is 5.53. The number of rotatable bonds is 6. The van der Waals surface area contributed by atoms with Crippen molar-refractivity contribution in [1.82, 2.24) is 10.3 Å². The van der Waals surface area contributed by atoms with Crippen molar-refractivity contribution in [2.24, 2.45) is 0 Å². The third-order valence-electron chi connectivity index (χ3n) is 2.80. The zero-order valence-corrected chi connectivity index (χ0v) is 11.8. The molecule has 1 aromatic heterocycles. The summed E-state index contributed by atoms with van der Waals surface area (Å²) >= 11 is 0. The lowest BCUT2D eigenvalue weighted by Crippen LogP contribution is -2.35. The highest BCUT2D eigenvalue weighted by Crippen LogP contribution is 2.15. The minimum Gasteiger partial charge on any atom is -0.491 e. The van der Waals surface area contributed by atoms with Crippen LogP contribution in [-0.2, 0) is 0 Å². The summed E-state index contributed by atoms with van der Waals surface area (Å²) in [7, 11) is 0. The highest BCUT2D eigenvalue weighted by molar-refractivity contribution is 5.93. The van der Waals surface area contributed by atoms with Crippen LogP contribution in [0.2, 0.25) is 0 Å². The van der Waals surface area contributed by atoms with E-state index in [1.165, 1.54) is 12.3 Å². The molecule has 2 rings (SSSR count). The quantitative estimate of drug-likeness (QED) is 0.847. The monoisotopic (exact) mass is 326 g/mol. The number of nitrogens with zero attached hydrogens (tertiary/aromatic N) is 1. The van der Waals surface area contributed by atoms with Crippen molar-refractivity contribution in [3.8, 4) is 5.75 Å². The van der Waals surface area contributed by atoms with Crippen LogP contribution in [0.3, 0.4) is 0 Å². The molecule has 1 amide bonds. The number of amides is 1. The SMILES string of the molecule is O=C(NCC(O)COc1ccc(F)c(F)c1)c1cncc(F)c1. The largest absolute Gasteiger partial charge is 0.491 e. The Bertz CT molecular complexity index is 697. The van der Waals surface area contributed by atoms with Crippen LogP contribution in [-0.4, -0.2) is 35.3 Å². The third kappa shape index (κ3) is 4.96. The summed E-state index contributed by atoms with van der Waals surface area (Å²) in [4.78, 5) is 15.2. The molecule has 23 heavy (non-hydrogen) atoms. The fraction of sp³-hybridized carbons (Fsp3) is 0.200. The lowest BCUT2D eigenvalue weighted by atomic mass is 10.2. The minimum atomic E-state index is -1.09. The number of aliphatic hydroxyl groups is 1. The number of aromatic nitrogens is 1. The number of hydrogen-bond acceptors (Lipinski definition) is 4. The van der Waals surface area contributed by atoms with Gasteiger partial charge in [0.25, 0.3) is 5.91 Å². The molecule has 0 aliphatic carbocycles. The maximum Gasteiger partial charge on any atom is 0.253 e. The van der Waals surface area contributed by atoms with Crippen LogP contribution in [0.4, 0.5) is 13.2 Å². The summed E-state index contributed by atoms with van der Waals surface area (Å²) in [5.41, 5.74) is 0.0127. The van der Waals surface area contributed by atoms with E-state index in [9.17, 15) is 23.1 Å². The Morgan fingerprint density at radius 1 is 1.22 bits per heavy atom. The topological polar surface area (TPSA) is 71.5 Å². The van der Waals surface area contributed by atoms with Gasteiger partial charge in [0.05, 0.1) is 11.8 Å². The number of carbonyl (C=O) groups is 1.